The predicted molar refractivity (Wildman–Crippen MR) is 75.4 cm³/mol. The smallest absolute Gasteiger partial charge is 0.221 e. The highest BCUT2D eigenvalue weighted by Gasteiger charge is 2.19. The second-order valence-corrected chi connectivity index (χ2v) is 5.65. The van der Waals surface area contributed by atoms with Gasteiger partial charge in [-0.3, -0.25) is 4.79 Å². The predicted octanol–water partition coefficient (Wildman–Crippen LogP) is 3.30. The first kappa shape index (κ1) is 14.2. The van der Waals surface area contributed by atoms with Crippen LogP contribution in [0, 0.1) is 0 Å². The lowest BCUT2D eigenvalue weighted by molar-refractivity contribution is -0.122. The molecule has 0 heterocycles. The number of alkyl halides is 1. The molecule has 2 nitrogen and oxygen atoms in total. The van der Waals surface area contributed by atoms with Crippen molar-refractivity contribution in [3.8, 4) is 0 Å². The van der Waals surface area contributed by atoms with Crippen LogP contribution in [-0.2, 0) is 11.2 Å². The van der Waals surface area contributed by atoms with E-state index in [0.29, 0.717) is 11.8 Å². The van der Waals surface area contributed by atoms with Crippen molar-refractivity contribution < 1.29 is 4.79 Å². The van der Waals surface area contributed by atoms with Crippen LogP contribution in [0.15, 0.2) is 30.3 Å². The summed E-state index contributed by atoms with van der Waals surface area (Å²) >= 11 is 3.27. The van der Waals surface area contributed by atoms with Crippen LogP contribution < -0.4 is 5.32 Å². The van der Waals surface area contributed by atoms with E-state index in [1.54, 1.807) is 0 Å². The van der Waals surface area contributed by atoms with E-state index in [1.807, 2.05) is 18.2 Å². The Hall–Kier alpha value is -0.830. The van der Waals surface area contributed by atoms with Crippen molar-refractivity contribution in [2.24, 2.45) is 0 Å². The van der Waals surface area contributed by atoms with Gasteiger partial charge in [0.25, 0.3) is 0 Å². The molecule has 0 aromatic heterocycles. The summed E-state index contributed by atoms with van der Waals surface area (Å²) in [6.07, 6.45) is 2.47. The third-order valence-electron chi connectivity index (χ3n) is 2.68. The maximum Gasteiger partial charge on any atom is 0.221 e. The average Bonchev–Trinajstić information content (AvgIpc) is 2.27. The highest BCUT2D eigenvalue weighted by Crippen LogP contribution is 2.13. The molecule has 1 aromatic carbocycles. The third kappa shape index (κ3) is 5.87. The Bertz CT molecular complexity index is 348. The Morgan fingerprint density at radius 3 is 2.53 bits per heavy atom. The zero-order valence-electron chi connectivity index (χ0n) is 10.5. The first-order chi connectivity index (χ1) is 8.03. The maximum absolute atomic E-state index is 11.5. The Balaban J connectivity index is 2.41. The first-order valence-corrected chi connectivity index (χ1v) is 7.06. The molecule has 1 N–H and O–H groups in total. The molecule has 0 fully saturated rings. The molecule has 0 bridgehead atoms. The maximum atomic E-state index is 11.5. The number of halogens is 1. The largest absolute Gasteiger partial charge is 0.351 e. The second-order valence-electron chi connectivity index (χ2n) is 4.86. The van der Waals surface area contributed by atoms with Gasteiger partial charge in [0.05, 0.1) is 0 Å². The minimum absolute atomic E-state index is 0.111. The highest BCUT2D eigenvalue weighted by atomic mass is 79.9. The van der Waals surface area contributed by atoms with E-state index in [0.717, 1.165) is 12.8 Å². The number of hydrogen-bond acceptors (Lipinski definition) is 1. The summed E-state index contributed by atoms with van der Waals surface area (Å²) in [6, 6.07) is 10.4. The summed E-state index contributed by atoms with van der Waals surface area (Å²) < 4.78 is 0. The quantitative estimate of drug-likeness (QED) is 0.802. The van der Waals surface area contributed by atoms with Gasteiger partial charge in [-0.25, -0.2) is 0 Å². The number of aryl methyl sites for hydroxylation is 1. The van der Waals surface area contributed by atoms with E-state index >= 15 is 0 Å². The van der Waals surface area contributed by atoms with Gasteiger partial charge >= 0.3 is 0 Å². The highest BCUT2D eigenvalue weighted by molar-refractivity contribution is 9.09. The second kappa shape index (κ2) is 6.80. The number of benzene rings is 1. The van der Waals surface area contributed by atoms with Gasteiger partial charge in [-0.05, 0) is 32.3 Å². The van der Waals surface area contributed by atoms with Crippen LogP contribution in [0.5, 0.6) is 0 Å². The van der Waals surface area contributed by atoms with E-state index < -0.39 is 0 Å². The Kier molecular flexibility index (Phi) is 5.69. The SMILES string of the molecule is CC(C)(CCc1ccccc1)NC(=O)CCBr. The van der Waals surface area contributed by atoms with E-state index in [9.17, 15) is 4.79 Å². The summed E-state index contributed by atoms with van der Waals surface area (Å²) in [5, 5.41) is 3.77. The fraction of sp³-hybridized carbons (Fsp3) is 0.500. The van der Waals surface area contributed by atoms with E-state index in [2.05, 4.69) is 47.2 Å². The minimum atomic E-state index is -0.144. The lowest BCUT2D eigenvalue weighted by Gasteiger charge is -2.26. The van der Waals surface area contributed by atoms with Crippen molar-refractivity contribution in [2.75, 3.05) is 5.33 Å². The Morgan fingerprint density at radius 1 is 1.29 bits per heavy atom. The third-order valence-corrected chi connectivity index (χ3v) is 3.08. The van der Waals surface area contributed by atoms with Crippen molar-refractivity contribution in [3.05, 3.63) is 35.9 Å². The molecule has 3 heteroatoms. The Morgan fingerprint density at radius 2 is 1.94 bits per heavy atom. The van der Waals surface area contributed by atoms with Crippen molar-refractivity contribution in [3.63, 3.8) is 0 Å². The molecule has 0 spiro atoms. The van der Waals surface area contributed by atoms with Gasteiger partial charge in [-0.2, -0.15) is 0 Å². The number of carbonyl (C=O) groups is 1. The molecule has 17 heavy (non-hydrogen) atoms. The van der Waals surface area contributed by atoms with Gasteiger partial charge in [0.1, 0.15) is 0 Å². The van der Waals surface area contributed by atoms with Crippen molar-refractivity contribution in [2.45, 2.75) is 38.6 Å². The topological polar surface area (TPSA) is 29.1 Å². The summed E-state index contributed by atoms with van der Waals surface area (Å²) in [5.74, 6) is 0.111. The number of rotatable bonds is 6. The molecule has 0 unspecified atom stereocenters. The fourth-order valence-corrected chi connectivity index (χ4v) is 2.05. The van der Waals surface area contributed by atoms with E-state index in [-0.39, 0.29) is 11.4 Å². The van der Waals surface area contributed by atoms with Gasteiger partial charge in [0.15, 0.2) is 0 Å². The lowest BCUT2D eigenvalue weighted by Crippen LogP contribution is -2.43. The van der Waals surface area contributed by atoms with Crippen molar-refractivity contribution in [1.82, 2.24) is 5.32 Å². The molecule has 0 aliphatic rings. The molecular formula is C14H20BrNO. The molecule has 0 atom stereocenters. The molecule has 0 radical (unpaired) electrons. The number of carbonyl (C=O) groups excluding carboxylic acids is 1. The fourth-order valence-electron chi connectivity index (χ4n) is 1.69. The number of amides is 1. The molecule has 0 aliphatic carbocycles. The van der Waals surface area contributed by atoms with Crippen LogP contribution in [0.3, 0.4) is 0 Å². The molecular weight excluding hydrogens is 278 g/mol. The van der Waals surface area contributed by atoms with Crippen LogP contribution in [0.4, 0.5) is 0 Å². The standard InChI is InChI=1S/C14H20BrNO/c1-14(2,16-13(17)9-11-15)10-8-12-6-4-3-5-7-12/h3-7H,8-11H2,1-2H3,(H,16,17). The van der Waals surface area contributed by atoms with Crippen molar-refractivity contribution >= 4 is 21.8 Å². The summed E-state index contributed by atoms with van der Waals surface area (Å²) in [7, 11) is 0. The van der Waals surface area contributed by atoms with Gasteiger partial charge < -0.3 is 5.32 Å². The zero-order chi connectivity index (χ0) is 12.7. The molecule has 0 aliphatic heterocycles. The number of hydrogen-bond donors (Lipinski definition) is 1. The van der Waals surface area contributed by atoms with Crippen LogP contribution in [0.2, 0.25) is 0 Å². The summed E-state index contributed by atoms with van der Waals surface area (Å²) in [6.45, 7) is 4.14. The molecule has 1 amide bonds. The molecule has 1 aromatic rings. The van der Waals surface area contributed by atoms with E-state index in [1.165, 1.54) is 5.56 Å². The average molecular weight is 298 g/mol. The van der Waals surface area contributed by atoms with Gasteiger partial charge in [-0.15, -0.1) is 0 Å². The monoisotopic (exact) mass is 297 g/mol. The van der Waals surface area contributed by atoms with Crippen LogP contribution in [0.1, 0.15) is 32.3 Å². The number of nitrogens with one attached hydrogen (secondary N) is 1. The molecule has 0 saturated carbocycles. The first-order valence-electron chi connectivity index (χ1n) is 5.94. The zero-order valence-corrected chi connectivity index (χ0v) is 12.1. The normalized spacial score (nSPS) is 11.2. The summed E-state index contributed by atoms with van der Waals surface area (Å²) in [4.78, 5) is 11.5. The minimum Gasteiger partial charge on any atom is -0.351 e. The molecule has 0 saturated heterocycles. The lowest BCUT2D eigenvalue weighted by atomic mass is 9.95. The van der Waals surface area contributed by atoms with Gasteiger partial charge in [-0.1, -0.05) is 46.3 Å². The van der Waals surface area contributed by atoms with Crippen molar-refractivity contribution in [1.29, 1.82) is 0 Å². The van der Waals surface area contributed by atoms with E-state index in [4.69, 9.17) is 0 Å². The molecule has 1 rings (SSSR count). The van der Waals surface area contributed by atoms with Crippen LogP contribution in [-0.4, -0.2) is 16.8 Å². The van der Waals surface area contributed by atoms with Gasteiger partial charge in [0, 0.05) is 17.3 Å². The van der Waals surface area contributed by atoms with Crippen LogP contribution in [0.25, 0.3) is 0 Å². The summed E-state index contributed by atoms with van der Waals surface area (Å²) in [5.41, 5.74) is 1.17. The Labute approximate surface area is 112 Å². The van der Waals surface area contributed by atoms with Crippen LogP contribution >= 0.6 is 15.9 Å². The molecule has 94 valence electrons. The van der Waals surface area contributed by atoms with Gasteiger partial charge in [0.2, 0.25) is 5.91 Å².